The molecule has 88 valence electrons. The van der Waals surface area contributed by atoms with Gasteiger partial charge in [-0.2, -0.15) is 0 Å². The maximum absolute atomic E-state index is 5.36. The van der Waals surface area contributed by atoms with Crippen molar-refractivity contribution >= 4 is 33.4 Å². The lowest BCUT2D eigenvalue weighted by atomic mass is 10.3. The molecule has 0 fully saturated rings. The highest BCUT2D eigenvalue weighted by atomic mass is 79.9. The Morgan fingerprint density at radius 2 is 2.12 bits per heavy atom. The molecule has 0 atom stereocenters. The number of nitrogens with two attached hydrogens (primary N) is 1. The number of nitrogen functional groups attached to an aromatic ring is 1. The molecule has 0 saturated carbocycles. The summed E-state index contributed by atoms with van der Waals surface area (Å²) in [6.07, 6.45) is 1.76. The van der Waals surface area contributed by atoms with Gasteiger partial charge >= 0.3 is 0 Å². The minimum Gasteiger partial charge on any atom is -0.324 e. The Hall–Kier alpha value is -1.04. The second kappa shape index (κ2) is 6.05. The van der Waals surface area contributed by atoms with E-state index in [4.69, 9.17) is 5.84 Å². The fraction of sp³-hybridized carbons (Fsp3) is 0.0833. The van der Waals surface area contributed by atoms with Crippen LogP contribution in [0.25, 0.3) is 0 Å². The topological polar surface area (TPSA) is 50.9 Å². The van der Waals surface area contributed by atoms with Crippen LogP contribution >= 0.6 is 27.7 Å². The van der Waals surface area contributed by atoms with E-state index >= 15 is 0 Å². The molecule has 2 rings (SSSR count). The van der Waals surface area contributed by atoms with Crippen molar-refractivity contribution in [3.63, 3.8) is 0 Å². The Labute approximate surface area is 113 Å². The molecule has 17 heavy (non-hydrogen) atoms. The number of aromatic nitrogens is 1. The largest absolute Gasteiger partial charge is 0.324 e. The van der Waals surface area contributed by atoms with Gasteiger partial charge in [0.1, 0.15) is 0 Å². The second-order valence-corrected chi connectivity index (χ2v) is 5.27. The van der Waals surface area contributed by atoms with Crippen LogP contribution in [0.5, 0.6) is 0 Å². The lowest BCUT2D eigenvalue weighted by Crippen LogP contribution is -2.07. The average molecular weight is 310 g/mol. The van der Waals surface area contributed by atoms with Crippen molar-refractivity contribution in [3.8, 4) is 0 Å². The zero-order chi connectivity index (χ0) is 12.1. The first-order valence-corrected chi connectivity index (χ1v) is 6.86. The minimum absolute atomic E-state index is 0.818. The maximum atomic E-state index is 5.36. The van der Waals surface area contributed by atoms with Crippen molar-refractivity contribution in [1.82, 2.24) is 4.98 Å². The number of anilines is 1. The van der Waals surface area contributed by atoms with Crippen molar-refractivity contribution in [2.24, 2.45) is 5.84 Å². The first kappa shape index (κ1) is 12.4. The van der Waals surface area contributed by atoms with Gasteiger partial charge in [0, 0.05) is 21.3 Å². The van der Waals surface area contributed by atoms with Gasteiger partial charge in [-0.25, -0.2) is 0 Å². The molecule has 5 heteroatoms. The van der Waals surface area contributed by atoms with E-state index in [1.54, 1.807) is 18.0 Å². The van der Waals surface area contributed by atoms with E-state index in [1.807, 2.05) is 30.3 Å². The molecule has 2 aromatic rings. The Kier molecular flexibility index (Phi) is 4.42. The number of halogens is 1. The highest BCUT2D eigenvalue weighted by Crippen LogP contribution is 2.29. The number of pyridine rings is 1. The van der Waals surface area contributed by atoms with Gasteiger partial charge < -0.3 is 5.43 Å². The SMILES string of the molecule is NNc1ccnc(CSc2ccccc2Br)c1. The van der Waals surface area contributed by atoms with E-state index in [9.17, 15) is 0 Å². The number of hydrogen-bond acceptors (Lipinski definition) is 4. The van der Waals surface area contributed by atoms with Crippen LogP contribution in [-0.4, -0.2) is 4.98 Å². The molecule has 3 N–H and O–H groups in total. The Morgan fingerprint density at radius 1 is 1.29 bits per heavy atom. The first-order chi connectivity index (χ1) is 8.29. The van der Waals surface area contributed by atoms with Crippen LogP contribution in [0.3, 0.4) is 0 Å². The average Bonchev–Trinajstić information content (AvgIpc) is 2.38. The molecule has 3 nitrogen and oxygen atoms in total. The van der Waals surface area contributed by atoms with Crippen molar-refractivity contribution in [3.05, 3.63) is 52.8 Å². The van der Waals surface area contributed by atoms with Crippen molar-refractivity contribution < 1.29 is 0 Å². The predicted octanol–water partition coefficient (Wildman–Crippen LogP) is 3.42. The molecule has 0 aliphatic carbocycles. The molecular weight excluding hydrogens is 298 g/mol. The number of thioether (sulfide) groups is 1. The minimum atomic E-state index is 0.818. The first-order valence-electron chi connectivity index (χ1n) is 5.08. The number of nitrogens with one attached hydrogen (secondary N) is 1. The third-order valence-corrected chi connectivity index (χ3v) is 4.26. The highest BCUT2D eigenvalue weighted by molar-refractivity contribution is 9.10. The molecule has 0 spiro atoms. The van der Waals surface area contributed by atoms with Crippen molar-refractivity contribution in [2.45, 2.75) is 10.6 Å². The van der Waals surface area contributed by atoms with Crippen LogP contribution in [0.15, 0.2) is 52.0 Å². The third-order valence-electron chi connectivity index (χ3n) is 2.20. The lowest BCUT2D eigenvalue weighted by Gasteiger charge is -2.05. The molecule has 0 amide bonds. The number of rotatable bonds is 4. The summed E-state index contributed by atoms with van der Waals surface area (Å²) in [7, 11) is 0. The van der Waals surface area contributed by atoms with E-state index in [2.05, 4.69) is 32.4 Å². The summed E-state index contributed by atoms with van der Waals surface area (Å²) in [5.74, 6) is 6.18. The number of hydrogen-bond donors (Lipinski definition) is 2. The summed E-state index contributed by atoms with van der Waals surface area (Å²) < 4.78 is 1.11. The standard InChI is InChI=1S/C12H12BrN3S/c13-11-3-1-2-4-12(11)17-8-10-7-9(16-14)5-6-15-10/h1-7H,8,14H2,(H,15,16). The molecule has 0 saturated heterocycles. The lowest BCUT2D eigenvalue weighted by molar-refractivity contribution is 1.16. The Balaban J connectivity index is 2.05. The Morgan fingerprint density at radius 3 is 2.88 bits per heavy atom. The fourth-order valence-corrected chi connectivity index (χ4v) is 2.83. The smallest absolute Gasteiger partial charge is 0.0527 e. The summed E-state index contributed by atoms with van der Waals surface area (Å²) in [5, 5.41) is 0. The van der Waals surface area contributed by atoms with E-state index < -0.39 is 0 Å². The normalized spacial score (nSPS) is 10.2. The van der Waals surface area contributed by atoms with Crippen LogP contribution in [0.1, 0.15) is 5.69 Å². The number of benzene rings is 1. The number of nitrogens with zero attached hydrogens (tertiary/aromatic N) is 1. The zero-order valence-electron chi connectivity index (χ0n) is 9.06. The summed E-state index contributed by atoms with van der Waals surface area (Å²) in [6, 6.07) is 11.9. The maximum Gasteiger partial charge on any atom is 0.0527 e. The van der Waals surface area contributed by atoms with Gasteiger partial charge in [0.2, 0.25) is 0 Å². The molecule has 0 radical (unpaired) electrons. The molecule has 1 aromatic heterocycles. The molecule has 0 unspecified atom stereocenters. The van der Waals surface area contributed by atoms with Gasteiger partial charge in [0.05, 0.1) is 11.4 Å². The summed E-state index contributed by atoms with van der Waals surface area (Å²) in [4.78, 5) is 5.51. The molecule has 1 heterocycles. The molecule has 0 bridgehead atoms. The van der Waals surface area contributed by atoms with Gasteiger partial charge in [-0.15, -0.1) is 11.8 Å². The van der Waals surface area contributed by atoms with Crippen LogP contribution in [-0.2, 0) is 5.75 Å². The van der Waals surface area contributed by atoms with E-state index in [0.717, 1.165) is 21.6 Å². The summed E-state index contributed by atoms with van der Waals surface area (Å²) in [6.45, 7) is 0. The molecule has 0 aliphatic rings. The van der Waals surface area contributed by atoms with Crippen LogP contribution in [0.4, 0.5) is 5.69 Å². The third kappa shape index (κ3) is 3.46. The molecular formula is C12H12BrN3S. The van der Waals surface area contributed by atoms with E-state index in [1.165, 1.54) is 4.90 Å². The quantitative estimate of drug-likeness (QED) is 0.516. The van der Waals surface area contributed by atoms with E-state index in [0.29, 0.717) is 0 Å². The predicted molar refractivity (Wildman–Crippen MR) is 75.8 cm³/mol. The van der Waals surface area contributed by atoms with Crippen LogP contribution < -0.4 is 11.3 Å². The van der Waals surface area contributed by atoms with Gasteiger partial charge in [-0.1, -0.05) is 12.1 Å². The van der Waals surface area contributed by atoms with Gasteiger partial charge in [0.25, 0.3) is 0 Å². The summed E-state index contributed by atoms with van der Waals surface area (Å²) >= 11 is 5.27. The van der Waals surface area contributed by atoms with Crippen LogP contribution in [0, 0.1) is 0 Å². The van der Waals surface area contributed by atoms with Gasteiger partial charge in [0.15, 0.2) is 0 Å². The van der Waals surface area contributed by atoms with Gasteiger partial charge in [-0.05, 0) is 40.2 Å². The summed E-state index contributed by atoms with van der Waals surface area (Å²) in [5.41, 5.74) is 4.50. The highest BCUT2D eigenvalue weighted by Gasteiger charge is 2.01. The molecule has 1 aromatic carbocycles. The van der Waals surface area contributed by atoms with E-state index in [-0.39, 0.29) is 0 Å². The second-order valence-electron chi connectivity index (χ2n) is 3.40. The zero-order valence-corrected chi connectivity index (χ0v) is 11.5. The van der Waals surface area contributed by atoms with Gasteiger partial charge in [-0.3, -0.25) is 10.8 Å². The fourth-order valence-electron chi connectivity index (χ4n) is 1.36. The van der Waals surface area contributed by atoms with Crippen LogP contribution in [0.2, 0.25) is 0 Å². The van der Waals surface area contributed by atoms with Crippen molar-refractivity contribution in [1.29, 1.82) is 0 Å². The Bertz CT molecular complexity index is 505. The monoisotopic (exact) mass is 309 g/mol. The molecule has 0 aliphatic heterocycles. The number of hydrazine groups is 1. The van der Waals surface area contributed by atoms with Crippen molar-refractivity contribution in [2.75, 3.05) is 5.43 Å².